The highest BCUT2D eigenvalue weighted by Crippen LogP contribution is 2.65. The second-order valence-corrected chi connectivity index (χ2v) is 10.1. The second-order valence-electron chi connectivity index (χ2n) is 9.66. The van der Waals surface area contributed by atoms with Crippen molar-refractivity contribution in [1.29, 1.82) is 0 Å². The molecule has 3 saturated carbocycles. The van der Waals surface area contributed by atoms with Crippen molar-refractivity contribution in [3.8, 4) is 17.0 Å². The van der Waals surface area contributed by atoms with E-state index >= 15 is 0 Å². The van der Waals surface area contributed by atoms with Gasteiger partial charge in [0.15, 0.2) is 6.10 Å². The maximum atomic E-state index is 12.9. The number of fused-ring (bicyclic) bond motifs is 1. The van der Waals surface area contributed by atoms with Crippen LogP contribution in [0.5, 0.6) is 5.75 Å². The molecule has 1 aromatic carbocycles. The monoisotopic (exact) mass is 504 g/mol. The number of amides is 1. The molecule has 3 aliphatic carbocycles. The summed E-state index contributed by atoms with van der Waals surface area (Å²) in [7, 11) is 0. The van der Waals surface area contributed by atoms with Gasteiger partial charge in [0, 0.05) is 40.5 Å². The van der Waals surface area contributed by atoms with Crippen LogP contribution < -0.4 is 10.1 Å². The van der Waals surface area contributed by atoms with Crippen molar-refractivity contribution >= 4 is 17.5 Å². The molecule has 35 heavy (non-hydrogen) atoms. The Morgan fingerprint density at radius 2 is 1.97 bits per heavy atom. The summed E-state index contributed by atoms with van der Waals surface area (Å²) in [6.45, 7) is 0. The molecular formula is C24H20ClF3N4O3. The molecule has 3 fully saturated rings. The van der Waals surface area contributed by atoms with Crippen LogP contribution in [0.15, 0.2) is 49.1 Å². The average molecular weight is 505 g/mol. The third-order valence-electron chi connectivity index (χ3n) is 7.20. The molecule has 2 bridgehead atoms. The van der Waals surface area contributed by atoms with Gasteiger partial charge in [-0.2, -0.15) is 13.2 Å². The molecule has 2 unspecified atom stereocenters. The molecule has 3 heterocycles. The van der Waals surface area contributed by atoms with Crippen LogP contribution in [0, 0.1) is 0 Å². The lowest BCUT2D eigenvalue weighted by Crippen LogP contribution is -2.79. The molecule has 2 aromatic heterocycles. The Balaban J connectivity index is 1.09. The lowest BCUT2D eigenvalue weighted by atomic mass is 9.44. The second kappa shape index (κ2) is 7.44. The van der Waals surface area contributed by atoms with Crippen LogP contribution in [-0.2, 0) is 16.5 Å². The summed E-state index contributed by atoms with van der Waals surface area (Å²) in [6, 6.07) is 7.24. The number of pyridine rings is 1. The highest BCUT2D eigenvalue weighted by molar-refractivity contribution is 6.30. The van der Waals surface area contributed by atoms with Crippen LogP contribution >= 0.6 is 11.6 Å². The molecular weight excluding hydrogens is 485 g/mol. The molecule has 3 aromatic rings. The van der Waals surface area contributed by atoms with Gasteiger partial charge in [0.2, 0.25) is 0 Å². The number of aliphatic hydroxyl groups excluding tert-OH is 1. The Morgan fingerprint density at radius 1 is 1.20 bits per heavy atom. The highest BCUT2D eigenvalue weighted by atomic mass is 35.5. The summed E-state index contributed by atoms with van der Waals surface area (Å²) in [5.41, 5.74) is 0.170. The van der Waals surface area contributed by atoms with Crippen molar-refractivity contribution in [1.82, 2.24) is 19.9 Å². The van der Waals surface area contributed by atoms with Gasteiger partial charge < -0.3 is 19.7 Å². The highest BCUT2D eigenvalue weighted by Gasteiger charge is 2.70. The van der Waals surface area contributed by atoms with E-state index in [1.165, 1.54) is 12.3 Å². The summed E-state index contributed by atoms with van der Waals surface area (Å²) in [5.74, 6) is 0.186. The van der Waals surface area contributed by atoms with Crippen LogP contribution in [0.4, 0.5) is 13.2 Å². The first-order valence-electron chi connectivity index (χ1n) is 11.1. The molecule has 1 aliphatic heterocycles. The number of halogens is 4. The fourth-order valence-electron chi connectivity index (χ4n) is 5.51. The molecule has 0 saturated heterocycles. The first-order chi connectivity index (χ1) is 16.6. The number of ether oxygens (including phenoxy) is 1. The van der Waals surface area contributed by atoms with E-state index in [4.69, 9.17) is 16.3 Å². The Hall–Kier alpha value is -3.11. The molecule has 2 N–H and O–H groups in total. The van der Waals surface area contributed by atoms with Gasteiger partial charge in [-0.05, 0) is 49.6 Å². The maximum absolute atomic E-state index is 12.9. The number of alkyl halides is 3. The largest absolute Gasteiger partial charge is 0.480 e. The zero-order valence-electron chi connectivity index (χ0n) is 18.2. The molecule has 0 radical (unpaired) electrons. The maximum Gasteiger partial charge on any atom is 0.433 e. The number of hydrogen-bond acceptors (Lipinski definition) is 5. The van der Waals surface area contributed by atoms with Gasteiger partial charge >= 0.3 is 6.18 Å². The van der Waals surface area contributed by atoms with Crippen molar-refractivity contribution in [2.75, 3.05) is 0 Å². The van der Waals surface area contributed by atoms with E-state index in [1.54, 1.807) is 30.7 Å². The molecule has 0 spiro atoms. The van der Waals surface area contributed by atoms with Crippen LogP contribution in [0.25, 0.3) is 11.3 Å². The minimum absolute atomic E-state index is 0.145. The Kier molecular flexibility index (Phi) is 4.76. The number of aliphatic hydroxyl groups is 1. The number of benzene rings is 1. The van der Waals surface area contributed by atoms with Crippen molar-refractivity contribution in [3.63, 3.8) is 0 Å². The van der Waals surface area contributed by atoms with E-state index < -0.39 is 24.1 Å². The number of rotatable bonds is 4. The predicted molar refractivity (Wildman–Crippen MR) is 119 cm³/mol. The number of aromatic nitrogens is 3. The topological polar surface area (TPSA) is 89.3 Å². The van der Waals surface area contributed by atoms with E-state index in [0.717, 1.165) is 6.07 Å². The summed E-state index contributed by atoms with van der Waals surface area (Å²) < 4.78 is 46.0. The Labute approximate surface area is 202 Å². The Morgan fingerprint density at radius 3 is 2.66 bits per heavy atom. The van der Waals surface area contributed by atoms with Gasteiger partial charge in [-0.3, -0.25) is 9.78 Å². The van der Waals surface area contributed by atoms with Crippen LogP contribution in [0.3, 0.4) is 0 Å². The number of nitrogens with one attached hydrogen (secondary N) is 1. The van der Waals surface area contributed by atoms with Crippen LogP contribution in [-0.4, -0.2) is 37.2 Å². The number of hydrogen-bond donors (Lipinski definition) is 2. The lowest BCUT2D eigenvalue weighted by molar-refractivity contribution is -0.161. The van der Waals surface area contributed by atoms with Gasteiger partial charge in [0.25, 0.3) is 5.91 Å². The molecule has 7 rings (SSSR count). The quantitative estimate of drug-likeness (QED) is 0.554. The van der Waals surface area contributed by atoms with Crippen LogP contribution in [0.2, 0.25) is 5.02 Å². The first kappa shape index (κ1) is 22.4. The minimum Gasteiger partial charge on any atom is -0.480 e. The minimum atomic E-state index is -4.49. The van der Waals surface area contributed by atoms with E-state index in [-0.39, 0.29) is 23.4 Å². The fourth-order valence-corrected chi connectivity index (χ4v) is 5.69. The Bertz CT molecular complexity index is 1300. The normalized spacial score (nSPS) is 28.8. The molecule has 4 aliphatic rings. The van der Waals surface area contributed by atoms with Gasteiger partial charge in [-0.1, -0.05) is 11.6 Å². The van der Waals surface area contributed by atoms with E-state index in [9.17, 15) is 23.1 Å². The fraction of sp³-hybridized carbons (Fsp3) is 0.375. The van der Waals surface area contributed by atoms with E-state index in [1.807, 2.05) is 4.57 Å². The molecule has 1 amide bonds. The van der Waals surface area contributed by atoms with Crippen molar-refractivity contribution in [2.45, 2.75) is 55.1 Å². The number of carbonyl (C=O) groups excluding carboxylic acids is 1. The molecule has 182 valence electrons. The average Bonchev–Trinajstić information content (AvgIpc) is 3.25. The number of nitrogens with zero attached hydrogens (tertiary/aromatic N) is 3. The SMILES string of the molecule is O=C(NC12CC(n3cnc(-c4ccc(C(F)(F)F)nc4)c3)(C1)C2)C1CC(O)c2cc(Cl)ccc2O1. The molecule has 2 atom stereocenters. The summed E-state index contributed by atoms with van der Waals surface area (Å²) >= 11 is 5.99. The van der Waals surface area contributed by atoms with Gasteiger partial charge in [0.05, 0.1) is 23.7 Å². The lowest BCUT2D eigenvalue weighted by Gasteiger charge is -2.70. The molecule has 11 heteroatoms. The zero-order valence-corrected chi connectivity index (χ0v) is 19.0. The van der Waals surface area contributed by atoms with E-state index in [0.29, 0.717) is 46.9 Å². The van der Waals surface area contributed by atoms with E-state index in [2.05, 4.69) is 15.3 Å². The number of imidazole rings is 1. The number of carbonyl (C=O) groups is 1. The van der Waals surface area contributed by atoms with Crippen molar-refractivity contribution in [2.24, 2.45) is 0 Å². The predicted octanol–water partition coefficient (Wildman–Crippen LogP) is 4.25. The summed E-state index contributed by atoms with van der Waals surface area (Å²) in [6.07, 6.45) is 0.818. The summed E-state index contributed by atoms with van der Waals surface area (Å²) in [4.78, 5) is 20.7. The zero-order chi connectivity index (χ0) is 24.6. The molecule has 7 nitrogen and oxygen atoms in total. The smallest absolute Gasteiger partial charge is 0.433 e. The van der Waals surface area contributed by atoms with Crippen LogP contribution in [0.1, 0.15) is 43.0 Å². The van der Waals surface area contributed by atoms with Gasteiger partial charge in [-0.15, -0.1) is 0 Å². The van der Waals surface area contributed by atoms with Crippen molar-refractivity contribution < 1.29 is 27.8 Å². The summed E-state index contributed by atoms with van der Waals surface area (Å²) in [5, 5.41) is 14.0. The standard InChI is InChI=1S/C24H20ClF3N4O3/c25-14-2-3-18-15(5-14)17(33)6-19(35-18)21(34)31-22-9-23(10-22,11-22)32-8-16(30-12-32)13-1-4-20(29-7-13)24(26,27)28/h1-5,7-8,12,17,19,33H,6,9-11H2,(H,31,34). The van der Waals surface area contributed by atoms with Gasteiger partial charge in [0.1, 0.15) is 11.4 Å². The third kappa shape index (κ3) is 3.66. The third-order valence-corrected chi connectivity index (χ3v) is 7.44. The first-order valence-corrected chi connectivity index (χ1v) is 11.5. The van der Waals surface area contributed by atoms with Gasteiger partial charge in [-0.25, -0.2) is 4.98 Å². The van der Waals surface area contributed by atoms with Crippen molar-refractivity contribution in [3.05, 3.63) is 65.3 Å².